The Morgan fingerprint density at radius 3 is 1.96 bits per heavy atom. The third-order valence-corrected chi connectivity index (χ3v) is 8.06. The summed E-state index contributed by atoms with van der Waals surface area (Å²) in [6.45, 7) is 0. The molecule has 0 aromatic heterocycles. The van der Waals surface area contributed by atoms with Crippen molar-refractivity contribution in [2.75, 3.05) is 6.16 Å². The van der Waals surface area contributed by atoms with Crippen molar-refractivity contribution in [3.63, 3.8) is 0 Å². The summed E-state index contributed by atoms with van der Waals surface area (Å²) in [6, 6.07) is 18.7. The Balaban J connectivity index is 2.05. The van der Waals surface area contributed by atoms with Crippen molar-refractivity contribution in [3.05, 3.63) is 60.7 Å². The van der Waals surface area contributed by atoms with Gasteiger partial charge in [0.15, 0.2) is 0 Å². The standard InChI is InChI=1S/C19H23O3P/c20-18-13-7-8-14-19(18,21)15-23(22,16-9-3-1-4-10-16)17-11-5-2-6-12-17/h1-6,9-12,18,20-21H,7-8,13-15H2/t18-,19-/m1/s1. The molecule has 0 radical (unpaired) electrons. The highest BCUT2D eigenvalue weighted by Gasteiger charge is 2.44. The van der Waals surface area contributed by atoms with Gasteiger partial charge in [-0.25, -0.2) is 0 Å². The minimum Gasteiger partial charge on any atom is -0.390 e. The van der Waals surface area contributed by atoms with Crippen LogP contribution in [0, 0.1) is 0 Å². The Hall–Kier alpha value is -1.41. The van der Waals surface area contributed by atoms with Gasteiger partial charge in [0.2, 0.25) is 0 Å². The van der Waals surface area contributed by atoms with E-state index in [1.807, 2.05) is 60.7 Å². The van der Waals surface area contributed by atoms with E-state index in [1.54, 1.807) is 0 Å². The van der Waals surface area contributed by atoms with Gasteiger partial charge in [0.25, 0.3) is 0 Å². The smallest absolute Gasteiger partial charge is 0.146 e. The van der Waals surface area contributed by atoms with Crippen LogP contribution in [0.3, 0.4) is 0 Å². The molecule has 4 heteroatoms. The molecule has 122 valence electrons. The van der Waals surface area contributed by atoms with Crippen LogP contribution >= 0.6 is 7.14 Å². The Bertz CT molecular complexity index is 643. The maximum absolute atomic E-state index is 14.0. The first-order valence-electron chi connectivity index (χ1n) is 8.15. The molecule has 1 aliphatic rings. The van der Waals surface area contributed by atoms with E-state index in [1.165, 1.54) is 0 Å². The van der Waals surface area contributed by atoms with Crippen LogP contribution in [0.5, 0.6) is 0 Å². The molecule has 2 aromatic rings. The van der Waals surface area contributed by atoms with Gasteiger partial charge in [-0.05, 0) is 12.8 Å². The van der Waals surface area contributed by atoms with Gasteiger partial charge in [-0.1, -0.05) is 73.5 Å². The average Bonchev–Trinajstić information content (AvgIpc) is 2.59. The summed E-state index contributed by atoms with van der Waals surface area (Å²) in [4.78, 5) is 0. The van der Waals surface area contributed by atoms with Crippen molar-refractivity contribution < 1.29 is 14.8 Å². The van der Waals surface area contributed by atoms with Crippen LogP contribution in [0.1, 0.15) is 25.7 Å². The maximum atomic E-state index is 14.0. The van der Waals surface area contributed by atoms with Crippen molar-refractivity contribution >= 4 is 17.8 Å². The highest BCUT2D eigenvalue weighted by atomic mass is 31.2. The van der Waals surface area contributed by atoms with Gasteiger partial charge < -0.3 is 14.8 Å². The molecule has 3 rings (SSSR count). The highest BCUT2D eigenvalue weighted by molar-refractivity contribution is 7.78. The topological polar surface area (TPSA) is 57.5 Å². The zero-order chi connectivity index (χ0) is 16.3. The van der Waals surface area contributed by atoms with Gasteiger partial charge in [-0.2, -0.15) is 0 Å². The van der Waals surface area contributed by atoms with E-state index in [0.717, 1.165) is 23.5 Å². The summed E-state index contributed by atoms with van der Waals surface area (Å²) in [5, 5.41) is 22.8. The van der Waals surface area contributed by atoms with Gasteiger partial charge in [-0.3, -0.25) is 0 Å². The number of hydrogen-bond donors (Lipinski definition) is 2. The van der Waals surface area contributed by atoms with E-state index >= 15 is 0 Å². The molecule has 0 amide bonds. The van der Waals surface area contributed by atoms with Crippen molar-refractivity contribution in [1.82, 2.24) is 0 Å². The van der Waals surface area contributed by atoms with Crippen molar-refractivity contribution in [2.45, 2.75) is 37.4 Å². The Kier molecular flexibility index (Phi) is 4.72. The molecule has 2 aromatic carbocycles. The average molecular weight is 330 g/mol. The third-order valence-electron chi connectivity index (χ3n) is 4.80. The molecule has 0 saturated heterocycles. The molecular formula is C19H23O3P. The molecule has 0 spiro atoms. The first kappa shape index (κ1) is 16.4. The second-order valence-electron chi connectivity index (χ2n) is 6.43. The van der Waals surface area contributed by atoms with Crippen LogP contribution in [0.2, 0.25) is 0 Å². The first-order valence-corrected chi connectivity index (χ1v) is 10.0. The number of rotatable bonds is 4. The molecule has 1 aliphatic carbocycles. The van der Waals surface area contributed by atoms with E-state index in [0.29, 0.717) is 12.8 Å². The fourth-order valence-electron chi connectivity index (χ4n) is 3.44. The second kappa shape index (κ2) is 6.60. The van der Waals surface area contributed by atoms with Gasteiger partial charge in [0, 0.05) is 16.8 Å². The zero-order valence-electron chi connectivity index (χ0n) is 13.1. The lowest BCUT2D eigenvalue weighted by Crippen LogP contribution is -2.49. The van der Waals surface area contributed by atoms with Crippen LogP contribution in [0.25, 0.3) is 0 Å². The minimum absolute atomic E-state index is 0.0925. The van der Waals surface area contributed by atoms with Crippen molar-refractivity contribution in [1.29, 1.82) is 0 Å². The van der Waals surface area contributed by atoms with E-state index in [-0.39, 0.29) is 6.16 Å². The Labute approximate surface area is 137 Å². The van der Waals surface area contributed by atoms with Crippen LogP contribution in [0.15, 0.2) is 60.7 Å². The molecular weight excluding hydrogens is 307 g/mol. The van der Waals surface area contributed by atoms with Crippen molar-refractivity contribution in [3.8, 4) is 0 Å². The lowest BCUT2D eigenvalue weighted by molar-refractivity contribution is -0.0838. The molecule has 0 aliphatic heterocycles. The lowest BCUT2D eigenvalue weighted by atomic mass is 9.84. The normalized spacial score (nSPS) is 25.2. The SMILES string of the molecule is O=P(C[C@]1(O)CCCC[C@H]1O)(c1ccccc1)c1ccccc1. The Morgan fingerprint density at radius 2 is 1.48 bits per heavy atom. The van der Waals surface area contributed by atoms with Crippen molar-refractivity contribution in [2.24, 2.45) is 0 Å². The fraction of sp³-hybridized carbons (Fsp3) is 0.368. The summed E-state index contributed by atoms with van der Waals surface area (Å²) < 4.78 is 14.0. The summed E-state index contributed by atoms with van der Waals surface area (Å²) >= 11 is 0. The summed E-state index contributed by atoms with van der Waals surface area (Å²) in [7, 11) is -3.01. The fourth-order valence-corrected chi connectivity index (χ4v) is 6.55. The van der Waals surface area contributed by atoms with Crippen LogP contribution in [0.4, 0.5) is 0 Å². The summed E-state index contributed by atoms with van der Waals surface area (Å²) in [5.74, 6) is 0. The molecule has 2 N–H and O–H groups in total. The third kappa shape index (κ3) is 3.28. The molecule has 3 nitrogen and oxygen atoms in total. The molecule has 1 fully saturated rings. The molecule has 0 bridgehead atoms. The molecule has 0 heterocycles. The van der Waals surface area contributed by atoms with Gasteiger partial charge in [-0.15, -0.1) is 0 Å². The largest absolute Gasteiger partial charge is 0.390 e. The predicted molar refractivity (Wildman–Crippen MR) is 94.1 cm³/mol. The quantitative estimate of drug-likeness (QED) is 0.848. The number of benzene rings is 2. The number of hydrogen-bond acceptors (Lipinski definition) is 3. The van der Waals surface area contributed by atoms with Crippen LogP contribution in [-0.4, -0.2) is 28.1 Å². The number of aliphatic hydroxyl groups excluding tert-OH is 1. The first-order chi connectivity index (χ1) is 11.0. The summed E-state index contributed by atoms with van der Waals surface area (Å²) in [5.41, 5.74) is -1.28. The van der Waals surface area contributed by atoms with Crippen LogP contribution in [-0.2, 0) is 4.57 Å². The van der Waals surface area contributed by atoms with E-state index in [4.69, 9.17) is 0 Å². The molecule has 0 unspecified atom stereocenters. The van der Waals surface area contributed by atoms with E-state index in [9.17, 15) is 14.8 Å². The lowest BCUT2D eigenvalue weighted by Gasteiger charge is -2.39. The van der Waals surface area contributed by atoms with Gasteiger partial charge in [0.1, 0.15) is 7.14 Å². The van der Waals surface area contributed by atoms with Gasteiger partial charge in [0.05, 0.1) is 11.7 Å². The van der Waals surface area contributed by atoms with Crippen LogP contribution < -0.4 is 10.6 Å². The molecule has 1 saturated carbocycles. The minimum atomic E-state index is -3.01. The van der Waals surface area contributed by atoms with E-state index in [2.05, 4.69) is 0 Å². The predicted octanol–water partition coefficient (Wildman–Crippen LogP) is 2.67. The van der Waals surface area contributed by atoms with Gasteiger partial charge >= 0.3 is 0 Å². The molecule has 2 atom stereocenters. The highest BCUT2D eigenvalue weighted by Crippen LogP contribution is 2.49. The number of aliphatic hydroxyl groups is 2. The van der Waals surface area contributed by atoms with E-state index < -0.39 is 18.8 Å². The maximum Gasteiger partial charge on any atom is 0.146 e. The second-order valence-corrected chi connectivity index (χ2v) is 9.26. The monoisotopic (exact) mass is 330 g/mol. The Morgan fingerprint density at radius 1 is 0.957 bits per heavy atom. The zero-order valence-corrected chi connectivity index (χ0v) is 14.0. The molecule has 23 heavy (non-hydrogen) atoms. The summed E-state index contributed by atoms with van der Waals surface area (Å²) in [6.07, 6.45) is 2.12.